The first-order chi connectivity index (χ1) is 18.8. The van der Waals surface area contributed by atoms with Crippen molar-refractivity contribution in [1.82, 2.24) is 15.3 Å². The van der Waals surface area contributed by atoms with Crippen LogP contribution in [0.5, 0.6) is 0 Å². The van der Waals surface area contributed by atoms with E-state index in [1.165, 1.54) is 12.2 Å². The molecule has 198 valence electrons. The number of aliphatic carboxylic acids is 1. The fraction of sp³-hybridized carbons (Fsp3) is 0.129. The monoisotopic (exact) mass is 527 g/mol. The minimum atomic E-state index is -1.05. The van der Waals surface area contributed by atoms with E-state index in [1.807, 2.05) is 24.3 Å². The number of nitrogens with zero attached hydrogens (tertiary/aromatic N) is 1. The van der Waals surface area contributed by atoms with E-state index in [4.69, 9.17) is 5.11 Å². The molecule has 1 aromatic heterocycles. The van der Waals surface area contributed by atoms with Crippen LogP contribution in [0.2, 0.25) is 0 Å². The highest BCUT2D eigenvalue weighted by atomic mass is 19.1. The summed E-state index contributed by atoms with van der Waals surface area (Å²) in [7, 11) is 0. The number of halogens is 2. The molecule has 0 spiro atoms. The number of aromatic amines is 1. The fourth-order valence-corrected chi connectivity index (χ4v) is 3.90. The molecule has 0 bridgehead atoms. The van der Waals surface area contributed by atoms with Gasteiger partial charge >= 0.3 is 5.97 Å². The van der Waals surface area contributed by atoms with Gasteiger partial charge in [0.15, 0.2) is 0 Å². The second-order valence-corrected chi connectivity index (χ2v) is 8.83. The van der Waals surface area contributed by atoms with E-state index < -0.39 is 17.6 Å². The summed E-state index contributed by atoms with van der Waals surface area (Å²) in [5.74, 6) is -2.25. The molecule has 8 heteroatoms. The molecule has 0 atom stereocenters. The summed E-state index contributed by atoms with van der Waals surface area (Å²) >= 11 is 0. The number of aromatic nitrogens is 2. The quantitative estimate of drug-likeness (QED) is 0.158. The second-order valence-electron chi connectivity index (χ2n) is 8.83. The van der Waals surface area contributed by atoms with Crippen LogP contribution in [0.4, 0.5) is 8.78 Å². The maximum atomic E-state index is 14.6. The number of carbonyl (C=O) groups is 2. The van der Waals surface area contributed by atoms with E-state index in [9.17, 15) is 18.4 Å². The SMILES string of the molecule is CCCCNC(=O)/C=C/c1ccc(-c2nc(-c3cc(F)ccc3F)[nH]c2-c2ccc(/C=C/C(=O)O)cc2)cc1. The molecule has 3 N–H and O–H groups in total. The van der Waals surface area contributed by atoms with Crippen LogP contribution in [-0.4, -0.2) is 33.5 Å². The molecule has 0 fully saturated rings. The van der Waals surface area contributed by atoms with Crippen molar-refractivity contribution in [2.24, 2.45) is 0 Å². The fourth-order valence-electron chi connectivity index (χ4n) is 3.90. The van der Waals surface area contributed by atoms with Gasteiger partial charge in [0.2, 0.25) is 5.91 Å². The van der Waals surface area contributed by atoms with Crippen LogP contribution in [0.3, 0.4) is 0 Å². The lowest BCUT2D eigenvalue weighted by Crippen LogP contribution is -2.21. The number of hydrogen-bond donors (Lipinski definition) is 3. The van der Waals surface area contributed by atoms with Crippen LogP contribution in [-0.2, 0) is 9.59 Å². The maximum absolute atomic E-state index is 14.6. The van der Waals surface area contributed by atoms with Gasteiger partial charge in [0.1, 0.15) is 17.5 Å². The van der Waals surface area contributed by atoms with E-state index in [-0.39, 0.29) is 17.3 Å². The summed E-state index contributed by atoms with van der Waals surface area (Å²) in [5, 5.41) is 11.7. The van der Waals surface area contributed by atoms with Gasteiger partial charge in [0.25, 0.3) is 0 Å². The summed E-state index contributed by atoms with van der Waals surface area (Å²) in [5.41, 5.74) is 4.05. The minimum absolute atomic E-state index is 0.00264. The highest BCUT2D eigenvalue weighted by molar-refractivity contribution is 5.92. The predicted octanol–water partition coefficient (Wildman–Crippen LogP) is 6.72. The molecule has 6 nitrogen and oxygen atoms in total. The van der Waals surface area contributed by atoms with Crippen LogP contribution in [0.25, 0.3) is 46.1 Å². The molecule has 1 heterocycles. The van der Waals surface area contributed by atoms with Gasteiger partial charge in [0.05, 0.1) is 17.0 Å². The van der Waals surface area contributed by atoms with Crippen molar-refractivity contribution in [3.8, 4) is 33.9 Å². The second kappa shape index (κ2) is 12.6. The molecule has 0 aliphatic rings. The van der Waals surface area contributed by atoms with E-state index in [2.05, 4.69) is 22.2 Å². The molecular weight excluding hydrogens is 500 g/mol. The first-order valence-electron chi connectivity index (χ1n) is 12.5. The molecule has 1 amide bonds. The van der Waals surface area contributed by atoms with Crippen LogP contribution in [0.1, 0.15) is 30.9 Å². The predicted molar refractivity (Wildman–Crippen MR) is 148 cm³/mol. The zero-order valence-electron chi connectivity index (χ0n) is 21.2. The van der Waals surface area contributed by atoms with Gasteiger partial charge in [-0.05, 0) is 47.9 Å². The van der Waals surface area contributed by atoms with E-state index in [0.717, 1.165) is 53.8 Å². The molecule has 0 unspecified atom stereocenters. The molecule has 4 aromatic rings. The Kier molecular flexibility index (Phi) is 8.78. The molecule has 4 rings (SSSR count). The largest absolute Gasteiger partial charge is 0.478 e. The minimum Gasteiger partial charge on any atom is -0.478 e. The lowest BCUT2D eigenvalue weighted by molar-refractivity contribution is -0.131. The molecule has 0 radical (unpaired) electrons. The third kappa shape index (κ3) is 7.13. The molecule has 39 heavy (non-hydrogen) atoms. The first-order valence-corrected chi connectivity index (χ1v) is 12.5. The zero-order chi connectivity index (χ0) is 27.8. The molecule has 0 aliphatic carbocycles. The van der Waals surface area contributed by atoms with Gasteiger partial charge in [-0.1, -0.05) is 61.9 Å². The number of imidazole rings is 1. The zero-order valence-corrected chi connectivity index (χ0v) is 21.2. The summed E-state index contributed by atoms with van der Waals surface area (Å²) in [6.45, 7) is 2.69. The summed E-state index contributed by atoms with van der Waals surface area (Å²) in [6, 6.07) is 17.6. The van der Waals surface area contributed by atoms with Crippen molar-refractivity contribution in [2.75, 3.05) is 6.54 Å². The van der Waals surface area contributed by atoms with Crippen LogP contribution < -0.4 is 5.32 Å². The van der Waals surface area contributed by atoms with Gasteiger partial charge in [-0.2, -0.15) is 0 Å². The molecular formula is C31H27F2N3O3. The van der Waals surface area contributed by atoms with E-state index >= 15 is 0 Å². The third-order valence-electron chi connectivity index (χ3n) is 5.95. The van der Waals surface area contributed by atoms with Crippen LogP contribution in [0, 0.1) is 11.6 Å². The highest BCUT2D eigenvalue weighted by Gasteiger charge is 2.18. The van der Waals surface area contributed by atoms with Gasteiger partial charge in [0, 0.05) is 29.8 Å². The number of unbranched alkanes of at least 4 members (excludes halogenated alkanes) is 1. The van der Waals surface area contributed by atoms with Crippen molar-refractivity contribution < 1.29 is 23.5 Å². The Labute approximate surface area is 224 Å². The Morgan fingerprint density at radius 1 is 0.923 bits per heavy atom. The number of amides is 1. The van der Waals surface area contributed by atoms with Crippen molar-refractivity contribution in [3.05, 3.63) is 102 Å². The number of nitrogens with one attached hydrogen (secondary N) is 2. The van der Waals surface area contributed by atoms with Crippen molar-refractivity contribution >= 4 is 24.0 Å². The molecule has 0 saturated heterocycles. The van der Waals surface area contributed by atoms with Crippen molar-refractivity contribution in [2.45, 2.75) is 19.8 Å². The molecule has 0 saturated carbocycles. The Morgan fingerprint density at radius 3 is 2.21 bits per heavy atom. The number of hydrogen-bond acceptors (Lipinski definition) is 3. The smallest absolute Gasteiger partial charge is 0.328 e. The topological polar surface area (TPSA) is 95.1 Å². The Hall–Kier alpha value is -4.85. The van der Waals surface area contributed by atoms with Crippen LogP contribution >= 0.6 is 0 Å². The van der Waals surface area contributed by atoms with E-state index in [1.54, 1.807) is 30.3 Å². The van der Waals surface area contributed by atoms with Gasteiger partial charge in [-0.15, -0.1) is 0 Å². The molecule has 0 aliphatic heterocycles. The summed E-state index contributed by atoms with van der Waals surface area (Å²) in [4.78, 5) is 30.5. The average molecular weight is 528 g/mol. The van der Waals surface area contributed by atoms with Gasteiger partial charge in [-0.25, -0.2) is 18.6 Å². The maximum Gasteiger partial charge on any atom is 0.328 e. The lowest BCUT2D eigenvalue weighted by Gasteiger charge is -2.05. The van der Waals surface area contributed by atoms with Crippen molar-refractivity contribution in [1.29, 1.82) is 0 Å². The third-order valence-corrected chi connectivity index (χ3v) is 5.95. The Bertz CT molecular complexity index is 1520. The van der Waals surface area contributed by atoms with Crippen LogP contribution in [0.15, 0.2) is 78.9 Å². The first kappa shape index (κ1) is 27.2. The molecule has 3 aromatic carbocycles. The number of H-pyrrole nitrogens is 1. The Morgan fingerprint density at radius 2 is 1.56 bits per heavy atom. The summed E-state index contributed by atoms with van der Waals surface area (Å²) in [6.07, 6.45) is 7.64. The normalized spacial score (nSPS) is 11.4. The summed E-state index contributed by atoms with van der Waals surface area (Å²) < 4.78 is 28.5. The number of carboxylic acid groups (broad SMARTS) is 1. The number of carboxylic acids is 1. The average Bonchev–Trinajstić information content (AvgIpc) is 3.38. The van der Waals surface area contributed by atoms with Crippen molar-refractivity contribution in [3.63, 3.8) is 0 Å². The Balaban J connectivity index is 1.68. The van der Waals surface area contributed by atoms with E-state index in [0.29, 0.717) is 23.5 Å². The number of carbonyl (C=O) groups excluding carboxylic acids is 1. The number of benzene rings is 3. The van der Waals surface area contributed by atoms with Gasteiger partial charge < -0.3 is 15.4 Å². The van der Waals surface area contributed by atoms with Gasteiger partial charge in [-0.3, -0.25) is 4.79 Å². The number of rotatable bonds is 10. The lowest BCUT2D eigenvalue weighted by atomic mass is 10.0. The standard InChI is InChI=1S/C31H27F2N3O3/c1-2-3-18-34-27(37)16-8-20-4-10-22(11-5-20)29-30(23-12-6-21(7-13-23)9-17-28(38)39)36-31(35-29)25-19-24(32)14-15-26(25)33/h4-17,19H,2-3,18H2,1H3,(H,34,37)(H,35,36)(H,38,39)/b16-8+,17-9+. The highest BCUT2D eigenvalue weighted by Crippen LogP contribution is 2.34.